The summed E-state index contributed by atoms with van der Waals surface area (Å²) in [7, 11) is 0. The molecule has 22 heavy (non-hydrogen) atoms. The fraction of sp³-hybridized carbons (Fsp3) is 0.412. The number of carbonyl (C=O) groups is 1. The molecule has 1 aromatic heterocycles. The van der Waals surface area contributed by atoms with Crippen molar-refractivity contribution in [3.05, 3.63) is 53.1 Å². The molecule has 1 saturated heterocycles. The number of halogens is 1. The number of aromatic amines is 1. The minimum Gasteiger partial charge on any atom is -0.342 e. The molecule has 4 nitrogen and oxygen atoms in total. The van der Waals surface area contributed by atoms with Crippen LogP contribution < -0.4 is 0 Å². The number of carbonyl (C=O) groups excluding carboxylic acids is 1. The standard InChI is InChI=1S/C17H20FN3O/c1-12-10-19-20-17(12)14-5-3-7-21(11-14)16(22)9-13-4-2-6-15(18)8-13/h2,4,6,8,10,14H,3,5,7,9,11H2,1H3,(H,19,20). The molecule has 1 amide bonds. The molecule has 1 unspecified atom stereocenters. The number of H-pyrrole nitrogens is 1. The molecule has 1 N–H and O–H groups in total. The summed E-state index contributed by atoms with van der Waals surface area (Å²) in [6.45, 7) is 3.52. The third-order valence-electron chi connectivity index (χ3n) is 4.29. The first-order valence-electron chi connectivity index (χ1n) is 7.65. The van der Waals surface area contributed by atoms with E-state index in [1.807, 2.05) is 18.0 Å². The van der Waals surface area contributed by atoms with Crippen LogP contribution in [0.1, 0.15) is 35.6 Å². The molecule has 0 bridgehead atoms. The van der Waals surface area contributed by atoms with E-state index in [1.54, 1.807) is 12.1 Å². The molecule has 0 radical (unpaired) electrons. The maximum absolute atomic E-state index is 13.2. The summed E-state index contributed by atoms with van der Waals surface area (Å²) >= 11 is 0. The molecule has 0 saturated carbocycles. The minimum absolute atomic E-state index is 0.0625. The number of nitrogens with zero attached hydrogens (tertiary/aromatic N) is 2. The van der Waals surface area contributed by atoms with Crippen LogP contribution in [-0.4, -0.2) is 34.1 Å². The van der Waals surface area contributed by atoms with E-state index < -0.39 is 0 Å². The van der Waals surface area contributed by atoms with Gasteiger partial charge in [-0.15, -0.1) is 0 Å². The average Bonchev–Trinajstić information content (AvgIpc) is 2.93. The quantitative estimate of drug-likeness (QED) is 0.947. The van der Waals surface area contributed by atoms with Crippen LogP contribution in [0.5, 0.6) is 0 Å². The first-order chi connectivity index (χ1) is 10.6. The molecule has 0 aliphatic carbocycles. The van der Waals surface area contributed by atoms with Gasteiger partial charge in [0.15, 0.2) is 0 Å². The molecular formula is C17H20FN3O. The van der Waals surface area contributed by atoms with E-state index in [0.29, 0.717) is 12.5 Å². The molecular weight excluding hydrogens is 281 g/mol. The smallest absolute Gasteiger partial charge is 0.227 e. The van der Waals surface area contributed by atoms with Gasteiger partial charge >= 0.3 is 0 Å². The Kier molecular flexibility index (Phi) is 4.22. The van der Waals surface area contributed by atoms with Gasteiger partial charge in [0, 0.05) is 24.7 Å². The molecule has 0 spiro atoms. The zero-order chi connectivity index (χ0) is 15.5. The highest BCUT2D eigenvalue weighted by Crippen LogP contribution is 2.27. The highest BCUT2D eigenvalue weighted by atomic mass is 19.1. The summed E-state index contributed by atoms with van der Waals surface area (Å²) in [6.07, 6.45) is 4.13. The fourth-order valence-corrected chi connectivity index (χ4v) is 3.14. The molecule has 2 heterocycles. The van der Waals surface area contributed by atoms with Crippen LogP contribution >= 0.6 is 0 Å². The zero-order valence-electron chi connectivity index (χ0n) is 12.7. The normalized spacial score (nSPS) is 18.5. The monoisotopic (exact) mass is 301 g/mol. The summed E-state index contributed by atoms with van der Waals surface area (Å²) < 4.78 is 13.2. The van der Waals surface area contributed by atoms with Gasteiger partial charge in [-0.1, -0.05) is 12.1 Å². The lowest BCUT2D eigenvalue weighted by atomic mass is 9.92. The predicted molar refractivity (Wildman–Crippen MR) is 82.0 cm³/mol. The Morgan fingerprint density at radius 1 is 1.50 bits per heavy atom. The Bertz CT molecular complexity index is 667. The third kappa shape index (κ3) is 3.18. The Balaban J connectivity index is 1.67. The second-order valence-electron chi connectivity index (χ2n) is 5.95. The van der Waals surface area contributed by atoms with Crippen LogP contribution in [0, 0.1) is 12.7 Å². The van der Waals surface area contributed by atoms with E-state index in [2.05, 4.69) is 10.2 Å². The second-order valence-corrected chi connectivity index (χ2v) is 5.95. The van der Waals surface area contributed by atoms with Crippen molar-refractivity contribution in [2.24, 2.45) is 0 Å². The van der Waals surface area contributed by atoms with E-state index >= 15 is 0 Å². The number of rotatable bonds is 3. The van der Waals surface area contributed by atoms with Crippen molar-refractivity contribution in [1.82, 2.24) is 15.1 Å². The molecule has 1 aromatic carbocycles. The van der Waals surface area contributed by atoms with Gasteiger partial charge < -0.3 is 4.90 Å². The van der Waals surface area contributed by atoms with E-state index in [-0.39, 0.29) is 18.1 Å². The number of likely N-dealkylation sites (tertiary alicyclic amines) is 1. The topological polar surface area (TPSA) is 49.0 Å². The van der Waals surface area contributed by atoms with E-state index in [9.17, 15) is 9.18 Å². The summed E-state index contributed by atoms with van der Waals surface area (Å²) in [5.41, 5.74) is 3.00. The third-order valence-corrected chi connectivity index (χ3v) is 4.29. The van der Waals surface area contributed by atoms with Gasteiger partial charge in [0.05, 0.1) is 12.6 Å². The molecule has 2 aromatic rings. The lowest BCUT2D eigenvalue weighted by Gasteiger charge is -2.32. The Morgan fingerprint density at radius 3 is 3.09 bits per heavy atom. The van der Waals surface area contributed by atoms with E-state index in [1.165, 1.54) is 12.1 Å². The van der Waals surface area contributed by atoms with Gasteiger partial charge in [-0.2, -0.15) is 5.10 Å². The maximum Gasteiger partial charge on any atom is 0.227 e. The van der Waals surface area contributed by atoms with Crippen LogP contribution in [0.15, 0.2) is 30.5 Å². The largest absolute Gasteiger partial charge is 0.342 e. The zero-order valence-corrected chi connectivity index (χ0v) is 12.7. The predicted octanol–water partition coefficient (Wildman–Crippen LogP) is 2.81. The molecule has 5 heteroatoms. The first-order valence-corrected chi connectivity index (χ1v) is 7.65. The van der Waals surface area contributed by atoms with Gasteiger partial charge in [-0.3, -0.25) is 9.89 Å². The van der Waals surface area contributed by atoms with Crippen molar-refractivity contribution in [3.63, 3.8) is 0 Å². The van der Waals surface area contributed by atoms with Crippen molar-refractivity contribution in [3.8, 4) is 0 Å². The van der Waals surface area contributed by atoms with Crippen molar-refractivity contribution in [1.29, 1.82) is 0 Å². The fourth-order valence-electron chi connectivity index (χ4n) is 3.14. The molecule has 1 atom stereocenters. The first kappa shape index (κ1) is 14.8. The van der Waals surface area contributed by atoms with Crippen molar-refractivity contribution in [2.75, 3.05) is 13.1 Å². The molecule has 116 valence electrons. The molecule has 1 aliphatic heterocycles. The highest BCUT2D eigenvalue weighted by molar-refractivity contribution is 5.79. The Hall–Kier alpha value is -2.17. The lowest BCUT2D eigenvalue weighted by Crippen LogP contribution is -2.40. The SMILES string of the molecule is Cc1cn[nH]c1C1CCCN(C(=O)Cc2cccc(F)c2)C1. The Morgan fingerprint density at radius 2 is 2.36 bits per heavy atom. The number of benzene rings is 1. The number of hydrogen-bond donors (Lipinski definition) is 1. The van der Waals surface area contributed by atoms with Gasteiger partial charge in [-0.05, 0) is 43.0 Å². The van der Waals surface area contributed by atoms with Crippen molar-refractivity contribution >= 4 is 5.91 Å². The van der Waals surface area contributed by atoms with E-state index in [4.69, 9.17) is 0 Å². The van der Waals surface area contributed by atoms with Crippen LogP contribution in [0.2, 0.25) is 0 Å². The molecule has 1 aliphatic rings. The maximum atomic E-state index is 13.2. The van der Waals surface area contributed by atoms with Crippen molar-refractivity contribution < 1.29 is 9.18 Å². The number of amides is 1. The average molecular weight is 301 g/mol. The van der Waals surface area contributed by atoms with Gasteiger partial charge in [0.25, 0.3) is 0 Å². The number of aromatic nitrogens is 2. The van der Waals surface area contributed by atoms with Crippen LogP contribution in [0.25, 0.3) is 0 Å². The van der Waals surface area contributed by atoms with Gasteiger partial charge in [0.1, 0.15) is 5.82 Å². The molecule has 1 fully saturated rings. The number of nitrogens with one attached hydrogen (secondary N) is 1. The summed E-state index contributed by atoms with van der Waals surface area (Å²) in [5, 5.41) is 7.13. The highest BCUT2D eigenvalue weighted by Gasteiger charge is 2.26. The van der Waals surface area contributed by atoms with Crippen molar-refractivity contribution in [2.45, 2.75) is 32.1 Å². The second kappa shape index (κ2) is 6.30. The van der Waals surface area contributed by atoms with E-state index in [0.717, 1.165) is 36.2 Å². The number of aryl methyl sites for hydroxylation is 1. The minimum atomic E-state index is -0.296. The number of hydrogen-bond acceptors (Lipinski definition) is 2. The summed E-state index contributed by atoms with van der Waals surface area (Å²) in [4.78, 5) is 14.3. The lowest BCUT2D eigenvalue weighted by molar-refractivity contribution is -0.131. The van der Waals surface area contributed by atoms with Crippen LogP contribution in [-0.2, 0) is 11.2 Å². The number of piperidine rings is 1. The summed E-state index contributed by atoms with van der Waals surface area (Å²) in [5.74, 6) is 0.0788. The summed E-state index contributed by atoms with van der Waals surface area (Å²) in [6, 6.07) is 6.26. The van der Waals surface area contributed by atoms with Crippen LogP contribution in [0.4, 0.5) is 4.39 Å². The Labute approximate surface area is 129 Å². The van der Waals surface area contributed by atoms with Gasteiger partial charge in [-0.25, -0.2) is 4.39 Å². The molecule has 3 rings (SSSR count). The van der Waals surface area contributed by atoms with Crippen LogP contribution in [0.3, 0.4) is 0 Å². The van der Waals surface area contributed by atoms with Gasteiger partial charge in [0.2, 0.25) is 5.91 Å².